The summed E-state index contributed by atoms with van der Waals surface area (Å²) in [6, 6.07) is 18.2. The third-order valence-corrected chi connectivity index (χ3v) is 6.85. The Labute approximate surface area is 143 Å². The van der Waals surface area contributed by atoms with E-state index in [0.717, 1.165) is 12.0 Å². The molecule has 5 heteroatoms. The Morgan fingerprint density at radius 2 is 1.67 bits per heavy atom. The minimum atomic E-state index is -3.45. The standard InChI is InChI=1S/C19H22N2O2S/c1-14-18(16-8-3-2-4-9-16)19(14)20-24(22,23)21-12-11-15-7-5-6-10-17(15)13-21/h2-10,14,18-20H,11-13H2,1H3/t14-,18-,19+/m1/s1. The van der Waals surface area contributed by atoms with E-state index in [1.807, 2.05) is 36.4 Å². The van der Waals surface area contributed by atoms with E-state index in [0.29, 0.717) is 19.0 Å². The summed E-state index contributed by atoms with van der Waals surface area (Å²) in [4.78, 5) is 0. The van der Waals surface area contributed by atoms with Crippen LogP contribution in [0.15, 0.2) is 54.6 Å². The second-order valence-corrected chi connectivity index (χ2v) is 8.50. The largest absolute Gasteiger partial charge is 0.280 e. The minimum Gasteiger partial charge on any atom is -0.198 e. The Morgan fingerprint density at radius 1 is 1.00 bits per heavy atom. The van der Waals surface area contributed by atoms with Gasteiger partial charge in [0.1, 0.15) is 0 Å². The van der Waals surface area contributed by atoms with Crippen LogP contribution >= 0.6 is 0 Å². The molecule has 1 fully saturated rings. The molecule has 1 aliphatic heterocycles. The minimum absolute atomic E-state index is 0.00503. The van der Waals surface area contributed by atoms with Crippen molar-refractivity contribution in [1.82, 2.24) is 9.03 Å². The Balaban J connectivity index is 1.47. The molecule has 0 amide bonds. The van der Waals surface area contributed by atoms with Gasteiger partial charge in [0, 0.05) is 25.0 Å². The molecule has 3 atom stereocenters. The zero-order chi connectivity index (χ0) is 16.7. The zero-order valence-electron chi connectivity index (χ0n) is 13.7. The fraction of sp³-hybridized carbons (Fsp3) is 0.368. The molecule has 1 heterocycles. The van der Waals surface area contributed by atoms with Gasteiger partial charge >= 0.3 is 0 Å². The highest BCUT2D eigenvalue weighted by Crippen LogP contribution is 2.47. The molecular weight excluding hydrogens is 320 g/mol. The summed E-state index contributed by atoms with van der Waals surface area (Å²) in [6.07, 6.45) is 0.777. The Morgan fingerprint density at radius 3 is 2.42 bits per heavy atom. The van der Waals surface area contributed by atoms with E-state index >= 15 is 0 Å². The lowest BCUT2D eigenvalue weighted by Gasteiger charge is -2.28. The SMILES string of the molecule is C[C@H]1[C@H](NS(=O)(=O)N2CCc3ccccc3C2)[C@H]1c1ccccc1. The molecule has 1 aliphatic carbocycles. The average molecular weight is 342 g/mol. The highest BCUT2D eigenvalue weighted by atomic mass is 32.2. The molecule has 2 aliphatic rings. The van der Waals surface area contributed by atoms with Crippen LogP contribution in [0.5, 0.6) is 0 Å². The average Bonchev–Trinajstić information content (AvgIpc) is 3.23. The molecule has 0 aromatic heterocycles. The number of fused-ring (bicyclic) bond motifs is 1. The molecule has 0 saturated heterocycles. The number of rotatable bonds is 4. The highest BCUT2D eigenvalue weighted by molar-refractivity contribution is 7.87. The summed E-state index contributed by atoms with van der Waals surface area (Å²) < 4.78 is 30.1. The lowest BCUT2D eigenvalue weighted by Crippen LogP contribution is -2.44. The molecule has 4 rings (SSSR count). The summed E-state index contributed by atoms with van der Waals surface area (Å²) >= 11 is 0. The molecule has 2 aromatic rings. The van der Waals surface area contributed by atoms with Gasteiger partial charge in [0.25, 0.3) is 10.2 Å². The Bertz CT molecular complexity index is 835. The molecule has 1 N–H and O–H groups in total. The number of nitrogens with one attached hydrogen (secondary N) is 1. The Hall–Kier alpha value is -1.69. The molecular formula is C19H22N2O2S. The van der Waals surface area contributed by atoms with Gasteiger partial charge in [-0.25, -0.2) is 0 Å². The summed E-state index contributed by atoms with van der Waals surface area (Å²) in [5.74, 6) is 0.609. The predicted octanol–water partition coefficient (Wildman–Crippen LogP) is 2.68. The van der Waals surface area contributed by atoms with E-state index in [1.54, 1.807) is 4.31 Å². The van der Waals surface area contributed by atoms with Gasteiger partial charge in [-0.3, -0.25) is 0 Å². The summed E-state index contributed by atoms with van der Waals surface area (Å²) in [5, 5.41) is 0. The lowest BCUT2D eigenvalue weighted by atomic mass is 10.0. The lowest BCUT2D eigenvalue weighted by molar-refractivity contribution is 0.383. The van der Waals surface area contributed by atoms with E-state index in [9.17, 15) is 8.42 Å². The van der Waals surface area contributed by atoms with Crippen LogP contribution in [0.25, 0.3) is 0 Å². The molecule has 126 valence electrons. The van der Waals surface area contributed by atoms with Crippen LogP contribution in [0, 0.1) is 5.92 Å². The molecule has 0 radical (unpaired) electrons. The highest BCUT2D eigenvalue weighted by Gasteiger charge is 2.50. The number of nitrogens with zero attached hydrogens (tertiary/aromatic N) is 1. The summed E-state index contributed by atoms with van der Waals surface area (Å²) in [5.41, 5.74) is 3.57. The maximum absolute atomic E-state index is 12.8. The third-order valence-electron chi connectivity index (χ3n) is 5.28. The zero-order valence-corrected chi connectivity index (χ0v) is 14.5. The van der Waals surface area contributed by atoms with Crippen LogP contribution in [0.1, 0.15) is 29.5 Å². The van der Waals surface area contributed by atoms with E-state index in [1.165, 1.54) is 11.1 Å². The second-order valence-electron chi connectivity index (χ2n) is 6.80. The molecule has 1 saturated carbocycles. The van der Waals surface area contributed by atoms with E-state index in [2.05, 4.69) is 29.8 Å². The van der Waals surface area contributed by atoms with Crippen molar-refractivity contribution in [1.29, 1.82) is 0 Å². The Kier molecular flexibility index (Phi) is 3.95. The number of hydrogen-bond acceptors (Lipinski definition) is 2. The number of hydrogen-bond donors (Lipinski definition) is 1. The topological polar surface area (TPSA) is 49.4 Å². The molecule has 4 nitrogen and oxygen atoms in total. The van der Waals surface area contributed by atoms with Crippen LogP contribution in [0.2, 0.25) is 0 Å². The first-order chi connectivity index (χ1) is 11.6. The van der Waals surface area contributed by atoms with Crippen molar-refractivity contribution in [3.8, 4) is 0 Å². The van der Waals surface area contributed by atoms with Crippen molar-refractivity contribution < 1.29 is 8.42 Å². The van der Waals surface area contributed by atoms with Crippen LogP contribution in [0.4, 0.5) is 0 Å². The maximum Gasteiger partial charge on any atom is 0.280 e. The van der Waals surface area contributed by atoms with Crippen molar-refractivity contribution in [2.75, 3.05) is 6.54 Å². The normalized spacial score (nSPS) is 26.8. The van der Waals surface area contributed by atoms with Crippen molar-refractivity contribution in [3.63, 3.8) is 0 Å². The quantitative estimate of drug-likeness (QED) is 0.929. The first-order valence-corrected chi connectivity index (χ1v) is 9.89. The van der Waals surface area contributed by atoms with Gasteiger partial charge in [0.15, 0.2) is 0 Å². The fourth-order valence-electron chi connectivity index (χ4n) is 3.75. The van der Waals surface area contributed by atoms with Gasteiger partial charge < -0.3 is 0 Å². The molecule has 0 unspecified atom stereocenters. The van der Waals surface area contributed by atoms with Crippen molar-refractivity contribution in [2.24, 2.45) is 5.92 Å². The van der Waals surface area contributed by atoms with Crippen molar-refractivity contribution in [2.45, 2.75) is 31.8 Å². The first kappa shape index (κ1) is 15.8. The van der Waals surface area contributed by atoms with E-state index < -0.39 is 10.2 Å². The van der Waals surface area contributed by atoms with Crippen LogP contribution < -0.4 is 4.72 Å². The van der Waals surface area contributed by atoms with Gasteiger partial charge in [-0.2, -0.15) is 17.4 Å². The predicted molar refractivity (Wildman–Crippen MR) is 94.7 cm³/mol. The monoisotopic (exact) mass is 342 g/mol. The van der Waals surface area contributed by atoms with Gasteiger partial charge in [-0.1, -0.05) is 61.5 Å². The first-order valence-electron chi connectivity index (χ1n) is 8.45. The molecule has 2 aromatic carbocycles. The third kappa shape index (κ3) is 2.88. The summed E-state index contributed by atoms with van der Waals surface area (Å²) in [6.45, 7) is 3.11. The summed E-state index contributed by atoms with van der Waals surface area (Å²) in [7, 11) is -3.45. The van der Waals surface area contributed by atoms with Crippen LogP contribution in [-0.2, 0) is 23.2 Å². The molecule has 24 heavy (non-hydrogen) atoms. The maximum atomic E-state index is 12.8. The van der Waals surface area contributed by atoms with E-state index in [-0.39, 0.29) is 12.0 Å². The van der Waals surface area contributed by atoms with Gasteiger partial charge in [-0.15, -0.1) is 0 Å². The molecule has 0 spiro atoms. The fourth-order valence-corrected chi connectivity index (χ4v) is 5.25. The molecule has 0 bridgehead atoms. The van der Waals surface area contributed by atoms with Gasteiger partial charge in [0.05, 0.1) is 0 Å². The van der Waals surface area contributed by atoms with Crippen molar-refractivity contribution in [3.05, 3.63) is 71.3 Å². The number of benzene rings is 2. The smallest absolute Gasteiger partial charge is 0.198 e. The van der Waals surface area contributed by atoms with Gasteiger partial charge in [-0.05, 0) is 29.0 Å². The van der Waals surface area contributed by atoms with Crippen LogP contribution in [0.3, 0.4) is 0 Å². The van der Waals surface area contributed by atoms with E-state index in [4.69, 9.17) is 0 Å². The van der Waals surface area contributed by atoms with Gasteiger partial charge in [0.2, 0.25) is 0 Å². The van der Waals surface area contributed by atoms with Crippen LogP contribution in [-0.4, -0.2) is 25.3 Å². The second kappa shape index (κ2) is 5.99. The van der Waals surface area contributed by atoms with Crippen molar-refractivity contribution >= 4 is 10.2 Å².